The van der Waals surface area contributed by atoms with E-state index < -0.39 is 47.5 Å². The summed E-state index contributed by atoms with van der Waals surface area (Å²) in [4.78, 5) is 69.6. The molecule has 0 unspecified atom stereocenters. The second-order valence-electron chi connectivity index (χ2n) is 15.3. The highest BCUT2D eigenvalue weighted by Crippen LogP contribution is 2.41. The summed E-state index contributed by atoms with van der Waals surface area (Å²) >= 11 is 0. The SMILES string of the molecule is CCCCc1ccc(-c2ccc(C(=O)C[C@@H](CN)C(=O)N(C)[C@@H]3C(=O)C[C@@H](C)C(=O)N[C@H](C(=O)O)Cc4ccc(OCCN)c(c4)-c4cc3ccc4OCCN)cc2)cc1. The second kappa shape index (κ2) is 21.4. The van der Waals surface area contributed by atoms with Crippen LogP contribution in [0.5, 0.6) is 11.5 Å². The topological polar surface area (TPSA) is 217 Å². The van der Waals surface area contributed by atoms with Crippen molar-refractivity contribution >= 4 is 29.4 Å². The summed E-state index contributed by atoms with van der Waals surface area (Å²) in [5.74, 6) is -4.28. The lowest BCUT2D eigenvalue weighted by atomic mass is 9.89. The number of benzene rings is 4. The van der Waals surface area contributed by atoms with Crippen LogP contribution in [0.1, 0.15) is 72.6 Å². The largest absolute Gasteiger partial charge is 0.492 e. The van der Waals surface area contributed by atoms with Crippen LogP contribution in [0, 0.1) is 11.8 Å². The van der Waals surface area contributed by atoms with Gasteiger partial charge in [-0.3, -0.25) is 19.2 Å². The van der Waals surface area contributed by atoms with Gasteiger partial charge in [0.05, 0.1) is 5.92 Å². The van der Waals surface area contributed by atoms with Gasteiger partial charge in [-0.2, -0.15) is 0 Å². The summed E-state index contributed by atoms with van der Waals surface area (Å²) < 4.78 is 12.1. The number of nitrogens with two attached hydrogens (primary N) is 3. The average Bonchev–Trinajstić information content (AvgIpc) is 3.25. The number of aliphatic carboxylic acids is 1. The minimum absolute atomic E-state index is 0.0548. The molecule has 13 heteroatoms. The van der Waals surface area contributed by atoms with E-state index in [1.165, 1.54) is 24.4 Å². The van der Waals surface area contributed by atoms with Gasteiger partial charge in [-0.15, -0.1) is 0 Å². The lowest BCUT2D eigenvalue weighted by molar-refractivity contribution is -0.143. The van der Waals surface area contributed by atoms with E-state index in [0.29, 0.717) is 39.3 Å². The number of nitrogens with zero attached hydrogens (tertiary/aromatic N) is 1. The van der Waals surface area contributed by atoms with Crippen molar-refractivity contribution in [3.8, 4) is 33.8 Å². The summed E-state index contributed by atoms with van der Waals surface area (Å²) in [5.41, 5.74) is 23.4. The van der Waals surface area contributed by atoms with Crippen LogP contribution in [-0.2, 0) is 32.0 Å². The number of rotatable bonds is 17. The monoisotopic (exact) mass is 819 g/mol. The summed E-state index contributed by atoms with van der Waals surface area (Å²) in [6.07, 6.45) is 2.71. The lowest BCUT2D eigenvalue weighted by Crippen LogP contribution is -2.46. The van der Waals surface area contributed by atoms with E-state index in [1.807, 2.05) is 12.1 Å². The molecule has 2 amide bonds. The normalized spacial score (nSPS) is 17.2. The van der Waals surface area contributed by atoms with E-state index in [1.54, 1.807) is 48.5 Å². The molecule has 60 heavy (non-hydrogen) atoms. The third-order valence-corrected chi connectivity index (χ3v) is 10.8. The number of carboxylic acids is 1. The highest BCUT2D eigenvalue weighted by atomic mass is 16.5. The standard InChI is InChI=1S/C47H57N5O8/c1-4-5-6-30-7-10-32(11-8-30)33-12-14-34(15-13-33)40(53)27-36(28-50)46(56)52(3)44-35-16-18-43(60-22-20-49)38(26-35)37-24-31(9-17-42(37)59-21-19-48)25-39(47(57)58)51-45(55)29(2)23-41(44)54/h7-18,24,26,29,36,39,44H,4-6,19-23,25,27-28,48-50H2,1-3H3,(H,51,55)(H,57,58)/t29-,36+,39+,44+/m1/s1. The Morgan fingerprint density at radius 1 is 0.833 bits per heavy atom. The molecule has 0 radical (unpaired) electrons. The number of nitrogens with one attached hydrogen (secondary N) is 1. The maximum Gasteiger partial charge on any atom is 0.326 e. The zero-order valence-corrected chi connectivity index (χ0v) is 34.7. The fraction of sp³-hybridized carbons (Fsp3) is 0.383. The van der Waals surface area contributed by atoms with Crippen molar-refractivity contribution < 1.29 is 38.6 Å². The molecule has 4 bridgehead atoms. The van der Waals surface area contributed by atoms with Crippen molar-refractivity contribution in [1.82, 2.24) is 10.2 Å². The third kappa shape index (κ3) is 11.2. The number of fused-ring (bicyclic) bond motifs is 5. The van der Waals surface area contributed by atoms with Crippen molar-refractivity contribution in [3.05, 3.63) is 107 Å². The number of unbranched alkanes of at least 4 members (excludes halogenated alkanes) is 1. The van der Waals surface area contributed by atoms with Gasteiger partial charge in [-0.1, -0.05) is 80.9 Å². The summed E-state index contributed by atoms with van der Waals surface area (Å²) in [7, 11) is 1.48. The van der Waals surface area contributed by atoms with Crippen molar-refractivity contribution in [2.75, 3.05) is 39.9 Å². The van der Waals surface area contributed by atoms with E-state index >= 15 is 0 Å². The smallest absolute Gasteiger partial charge is 0.326 e. The molecule has 0 fully saturated rings. The maximum atomic E-state index is 14.4. The number of aryl methyl sites for hydroxylation is 1. The van der Waals surface area contributed by atoms with Crippen molar-refractivity contribution in [2.45, 2.75) is 64.5 Å². The first-order chi connectivity index (χ1) is 28.9. The Balaban J connectivity index is 1.50. The van der Waals surface area contributed by atoms with E-state index in [4.69, 9.17) is 26.7 Å². The number of ether oxygens (including phenoxy) is 2. The van der Waals surface area contributed by atoms with E-state index in [0.717, 1.165) is 30.4 Å². The summed E-state index contributed by atoms with van der Waals surface area (Å²) in [5, 5.41) is 12.7. The van der Waals surface area contributed by atoms with Crippen LogP contribution in [0.25, 0.3) is 22.3 Å². The minimum atomic E-state index is -1.30. The van der Waals surface area contributed by atoms with Crippen LogP contribution in [0.15, 0.2) is 84.9 Å². The predicted molar refractivity (Wildman–Crippen MR) is 231 cm³/mol. The number of hydrogen-bond donors (Lipinski definition) is 5. The molecule has 13 nitrogen and oxygen atoms in total. The Kier molecular flexibility index (Phi) is 16.1. The zero-order valence-electron chi connectivity index (χ0n) is 34.7. The molecule has 318 valence electrons. The van der Waals surface area contributed by atoms with E-state index in [9.17, 15) is 29.1 Å². The van der Waals surface area contributed by atoms with Gasteiger partial charge >= 0.3 is 5.97 Å². The molecule has 0 saturated carbocycles. The molecule has 1 aliphatic rings. The quantitative estimate of drug-likeness (QED) is 0.0883. The van der Waals surface area contributed by atoms with Gasteiger partial charge in [0.15, 0.2) is 11.6 Å². The molecule has 8 N–H and O–H groups in total. The first-order valence-corrected chi connectivity index (χ1v) is 20.6. The van der Waals surface area contributed by atoms with Gasteiger partial charge in [0.1, 0.15) is 36.8 Å². The number of carbonyl (C=O) groups is 5. The second-order valence-corrected chi connectivity index (χ2v) is 15.3. The zero-order chi connectivity index (χ0) is 43.3. The number of carboxylic acid groups (broad SMARTS) is 1. The molecular formula is C47H57N5O8. The first-order valence-electron chi connectivity index (χ1n) is 20.6. The molecule has 4 atom stereocenters. The van der Waals surface area contributed by atoms with E-state index in [2.05, 4.69) is 36.5 Å². The maximum absolute atomic E-state index is 14.4. The van der Waals surface area contributed by atoms with Crippen molar-refractivity contribution in [3.63, 3.8) is 0 Å². The predicted octanol–water partition coefficient (Wildman–Crippen LogP) is 5.11. The molecule has 0 spiro atoms. The van der Waals surface area contributed by atoms with Gasteiger partial charge in [0, 0.05) is 68.6 Å². The van der Waals surface area contributed by atoms with Crippen molar-refractivity contribution in [1.29, 1.82) is 0 Å². The van der Waals surface area contributed by atoms with Gasteiger partial charge < -0.3 is 42.0 Å². The van der Waals surface area contributed by atoms with Gasteiger partial charge in [0.25, 0.3) is 0 Å². The molecule has 1 aliphatic heterocycles. The molecule has 4 aromatic carbocycles. The average molecular weight is 820 g/mol. The number of carbonyl (C=O) groups excluding carboxylic acids is 4. The fourth-order valence-corrected chi connectivity index (χ4v) is 7.44. The number of likely N-dealkylation sites (N-methyl/N-ethyl adjacent to an activating group) is 1. The van der Waals surface area contributed by atoms with Gasteiger partial charge in [0.2, 0.25) is 11.8 Å². The molecule has 4 aromatic rings. The van der Waals surface area contributed by atoms with Crippen LogP contribution in [0.4, 0.5) is 0 Å². The number of Topliss-reactive ketones (excluding diaryl/α,β-unsaturated/α-hetero) is 2. The van der Waals surface area contributed by atoms with Crippen LogP contribution >= 0.6 is 0 Å². The Hall–Kier alpha value is -5.89. The van der Waals surface area contributed by atoms with Crippen LogP contribution in [0.3, 0.4) is 0 Å². The minimum Gasteiger partial charge on any atom is -0.492 e. The highest BCUT2D eigenvalue weighted by Gasteiger charge is 2.36. The van der Waals surface area contributed by atoms with Crippen LogP contribution < -0.4 is 32.0 Å². The number of amides is 2. The van der Waals surface area contributed by atoms with E-state index in [-0.39, 0.29) is 57.9 Å². The summed E-state index contributed by atoms with van der Waals surface area (Å²) in [6, 6.07) is 23.3. The Morgan fingerprint density at radius 3 is 2.02 bits per heavy atom. The van der Waals surface area contributed by atoms with Crippen LogP contribution in [0.2, 0.25) is 0 Å². The Morgan fingerprint density at radius 2 is 1.43 bits per heavy atom. The first kappa shape index (κ1) is 45.2. The molecule has 0 aliphatic carbocycles. The molecule has 5 rings (SSSR count). The number of ketones is 2. The Bertz CT molecular complexity index is 2140. The summed E-state index contributed by atoms with van der Waals surface area (Å²) in [6.45, 7) is 4.30. The Labute approximate surface area is 351 Å². The van der Waals surface area contributed by atoms with Gasteiger partial charge in [-0.25, -0.2) is 4.79 Å². The highest BCUT2D eigenvalue weighted by molar-refractivity contribution is 6.00. The molecule has 1 heterocycles. The third-order valence-electron chi connectivity index (χ3n) is 10.8. The molecular weight excluding hydrogens is 763 g/mol. The molecule has 0 saturated heterocycles. The van der Waals surface area contributed by atoms with Crippen LogP contribution in [-0.4, -0.2) is 85.3 Å². The molecule has 0 aromatic heterocycles. The van der Waals surface area contributed by atoms with Crippen molar-refractivity contribution in [2.24, 2.45) is 29.0 Å². The fourth-order valence-electron chi connectivity index (χ4n) is 7.44. The van der Waals surface area contributed by atoms with Gasteiger partial charge in [-0.05, 0) is 64.9 Å². The number of hydrogen-bond acceptors (Lipinski definition) is 10. The lowest BCUT2D eigenvalue weighted by Gasteiger charge is -2.32.